The zero-order chi connectivity index (χ0) is 27.9. The number of nitrogens with one attached hydrogen (secondary N) is 2. The van der Waals surface area contributed by atoms with Gasteiger partial charge in [-0.25, -0.2) is 15.0 Å². The summed E-state index contributed by atoms with van der Waals surface area (Å²) in [6.45, 7) is 8.72. The lowest BCUT2D eigenvalue weighted by Crippen LogP contribution is -2.50. The van der Waals surface area contributed by atoms with Crippen molar-refractivity contribution in [2.24, 2.45) is 0 Å². The number of nitrogen functional groups attached to an aromatic ring is 1. The minimum atomic E-state index is -4.24. The van der Waals surface area contributed by atoms with Crippen LogP contribution in [0.1, 0.15) is 53.9 Å². The van der Waals surface area contributed by atoms with Crippen LogP contribution >= 0.6 is 8.22 Å². The Morgan fingerprint density at radius 1 is 1.19 bits per heavy atom. The van der Waals surface area contributed by atoms with Crippen LogP contribution in [0, 0.1) is 0 Å². The van der Waals surface area contributed by atoms with Gasteiger partial charge in [0.2, 0.25) is 0 Å². The summed E-state index contributed by atoms with van der Waals surface area (Å²) in [5.74, 6) is -0.340. The van der Waals surface area contributed by atoms with Crippen molar-refractivity contribution < 1.29 is 32.2 Å². The van der Waals surface area contributed by atoms with E-state index in [4.69, 9.17) is 15.2 Å². The Hall–Kier alpha value is -2.41. The normalized spacial score (nSPS) is 14.5. The lowest BCUT2D eigenvalue weighted by atomic mass is 10.1. The number of imidazole rings is 1. The molecule has 0 fully saturated rings. The summed E-state index contributed by atoms with van der Waals surface area (Å²) in [4.78, 5) is 36.5. The smallest absolute Gasteiger partial charge is 0.389 e. The van der Waals surface area contributed by atoms with Crippen LogP contribution in [0.5, 0.6) is 0 Å². The van der Waals surface area contributed by atoms with Crippen LogP contribution < -0.4 is 15.9 Å². The molecule has 0 radical (unpaired) electrons. The number of unbranched alkanes of at least 4 members (excludes halogenated alkanes) is 1. The van der Waals surface area contributed by atoms with Crippen molar-refractivity contribution in [3.05, 3.63) is 12.7 Å². The summed E-state index contributed by atoms with van der Waals surface area (Å²) in [6, 6.07) is 0. The number of nitrogens with zero attached hydrogens (tertiary/aromatic N) is 4. The van der Waals surface area contributed by atoms with E-state index < -0.39 is 37.9 Å². The average molecular weight is 550 g/mol. The molecule has 2 heterocycles. The molecule has 37 heavy (non-hydrogen) atoms. The number of nitrogens with two attached hydrogens (primary N) is 1. The van der Waals surface area contributed by atoms with E-state index in [9.17, 15) is 22.8 Å². The maximum Gasteiger partial charge on any atom is 0.389 e. The number of fused-ring (bicyclic) bond motifs is 1. The lowest BCUT2D eigenvalue weighted by molar-refractivity contribution is -0.150. The molecule has 0 aliphatic carbocycles. The first-order valence-corrected chi connectivity index (χ1v) is 13.2. The van der Waals surface area contributed by atoms with E-state index in [0.29, 0.717) is 17.7 Å². The summed E-state index contributed by atoms with van der Waals surface area (Å²) >= 11 is 0. The molecule has 0 aliphatic heterocycles. The van der Waals surface area contributed by atoms with E-state index in [1.807, 2.05) is 6.92 Å². The molecule has 2 unspecified atom stereocenters. The number of anilines is 1. The number of halogens is 3. The molecular weight excluding hydrogens is 514 g/mol. The van der Waals surface area contributed by atoms with E-state index in [0.717, 1.165) is 6.29 Å². The van der Waals surface area contributed by atoms with Crippen molar-refractivity contribution in [3.63, 3.8) is 0 Å². The first-order chi connectivity index (χ1) is 17.1. The van der Waals surface area contributed by atoms with Crippen LogP contribution in [0.3, 0.4) is 0 Å². The van der Waals surface area contributed by atoms with E-state index in [2.05, 4.69) is 25.1 Å². The standard InChI is InChI=1S/C22H35F3N7O4P/c1-15(10-32-13-29-16-17(26)27-12-28-18(16)32)36-14-37(30-20(2,3)11-33)31-21(4,5)19(34)35-9-7-6-8-22(23,24)25/h11-13,15,30-31H,6-10,14H2,1-5H3,(H2,26,27,28). The summed E-state index contributed by atoms with van der Waals surface area (Å²) in [6.07, 6.45) is -1.64. The molecule has 2 aromatic rings. The minimum Gasteiger partial charge on any atom is -0.464 e. The fourth-order valence-corrected chi connectivity index (χ4v) is 5.29. The SMILES string of the molecule is CC(Cn1cnc2c(N)ncnc21)OCP(NC(C)(C)C=O)NC(C)(C)C(=O)OCCCCC(F)(F)F. The minimum absolute atomic E-state index is 0.104. The first kappa shape index (κ1) is 30.8. The number of aromatic nitrogens is 4. The van der Waals surface area contributed by atoms with Gasteiger partial charge >= 0.3 is 12.1 Å². The second-order valence-corrected chi connectivity index (χ2v) is 11.3. The van der Waals surface area contributed by atoms with Gasteiger partial charge in [-0.1, -0.05) is 0 Å². The second kappa shape index (κ2) is 12.9. The first-order valence-electron chi connectivity index (χ1n) is 11.7. The predicted octanol–water partition coefficient (Wildman–Crippen LogP) is 3.29. The number of hydrogen-bond acceptors (Lipinski definition) is 10. The summed E-state index contributed by atoms with van der Waals surface area (Å²) < 4.78 is 49.9. The van der Waals surface area contributed by atoms with Crippen LogP contribution in [-0.2, 0) is 25.6 Å². The molecular formula is C22H35F3N7O4P. The summed E-state index contributed by atoms with van der Waals surface area (Å²) in [7, 11) is -1.42. The van der Waals surface area contributed by atoms with Crippen LogP contribution in [0.15, 0.2) is 12.7 Å². The van der Waals surface area contributed by atoms with E-state index in [-0.39, 0.29) is 37.7 Å². The molecule has 0 bridgehead atoms. The predicted molar refractivity (Wildman–Crippen MR) is 133 cm³/mol. The van der Waals surface area contributed by atoms with Crippen LogP contribution in [0.2, 0.25) is 0 Å². The Bertz CT molecular complexity index is 1050. The van der Waals surface area contributed by atoms with Crippen molar-refractivity contribution in [2.75, 3.05) is 18.7 Å². The summed E-state index contributed by atoms with van der Waals surface area (Å²) in [5, 5.41) is 6.33. The highest BCUT2D eigenvalue weighted by Gasteiger charge is 2.34. The third-order valence-electron chi connectivity index (χ3n) is 5.10. The molecule has 2 rings (SSSR count). The Balaban J connectivity index is 1.97. The van der Waals surface area contributed by atoms with E-state index in [1.165, 1.54) is 6.33 Å². The number of carbonyl (C=O) groups excluding carboxylic acids is 2. The molecule has 0 saturated carbocycles. The lowest BCUT2D eigenvalue weighted by Gasteiger charge is -2.34. The monoisotopic (exact) mass is 549 g/mol. The van der Waals surface area contributed by atoms with Gasteiger partial charge in [0.1, 0.15) is 23.7 Å². The van der Waals surface area contributed by atoms with E-state index in [1.54, 1.807) is 38.6 Å². The van der Waals surface area contributed by atoms with Gasteiger partial charge in [-0.05, 0) is 47.5 Å². The highest BCUT2D eigenvalue weighted by Crippen LogP contribution is 2.33. The third-order valence-corrected chi connectivity index (χ3v) is 7.18. The molecule has 2 atom stereocenters. The maximum atomic E-state index is 12.6. The second-order valence-electron chi connectivity index (χ2n) is 9.76. The molecule has 0 spiro atoms. The number of aldehydes is 1. The van der Waals surface area contributed by atoms with E-state index >= 15 is 0 Å². The third kappa shape index (κ3) is 10.1. The highest BCUT2D eigenvalue weighted by molar-refractivity contribution is 7.53. The molecule has 2 aromatic heterocycles. The van der Waals surface area contributed by atoms with Crippen molar-refractivity contribution in [1.82, 2.24) is 29.7 Å². The van der Waals surface area contributed by atoms with Gasteiger partial charge in [-0.3, -0.25) is 15.0 Å². The zero-order valence-electron chi connectivity index (χ0n) is 21.6. The topological polar surface area (TPSA) is 146 Å². The number of ether oxygens (including phenoxy) is 2. The zero-order valence-corrected chi connectivity index (χ0v) is 22.5. The van der Waals surface area contributed by atoms with Crippen LogP contribution in [0.25, 0.3) is 11.2 Å². The Labute approximate surface area is 214 Å². The van der Waals surface area contributed by atoms with Crippen molar-refractivity contribution in [2.45, 2.75) is 83.8 Å². The number of rotatable bonds is 15. The fourth-order valence-electron chi connectivity index (χ4n) is 3.19. The molecule has 0 amide bonds. The van der Waals surface area contributed by atoms with Crippen molar-refractivity contribution in [1.29, 1.82) is 0 Å². The summed E-state index contributed by atoms with van der Waals surface area (Å²) in [5.41, 5.74) is 4.80. The largest absolute Gasteiger partial charge is 0.464 e. The van der Waals surface area contributed by atoms with Gasteiger partial charge in [-0.15, -0.1) is 0 Å². The number of carbonyl (C=O) groups is 2. The molecule has 4 N–H and O–H groups in total. The Morgan fingerprint density at radius 2 is 1.89 bits per heavy atom. The fraction of sp³-hybridized carbons (Fsp3) is 0.682. The molecule has 15 heteroatoms. The number of hydrogen-bond donors (Lipinski definition) is 3. The van der Waals surface area contributed by atoms with Crippen molar-refractivity contribution >= 4 is 37.5 Å². The van der Waals surface area contributed by atoms with Gasteiger partial charge in [-0.2, -0.15) is 13.2 Å². The molecule has 0 aliphatic rings. The average Bonchev–Trinajstić information content (AvgIpc) is 3.20. The molecule has 0 saturated heterocycles. The van der Waals surface area contributed by atoms with Gasteiger partial charge < -0.3 is 24.6 Å². The van der Waals surface area contributed by atoms with Gasteiger partial charge in [0.25, 0.3) is 0 Å². The Kier molecular flexibility index (Phi) is 10.7. The van der Waals surface area contributed by atoms with Crippen LogP contribution in [-0.4, -0.2) is 68.1 Å². The van der Waals surface area contributed by atoms with Gasteiger partial charge in [0.15, 0.2) is 11.5 Å². The van der Waals surface area contributed by atoms with Crippen LogP contribution in [0.4, 0.5) is 19.0 Å². The quantitative estimate of drug-likeness (QED) is 0.131. The molecule has 11 nitrogen and oxygen atoms in total. The highest BCUT2D eigenvalue weighted by atomic mass is 31.1. The van der Waals surface area contributed by atoms with Crippen molar-refractivity contribution in [3.8, 4) is 0 Å². The van der Waals surface area contributed by atoms with Gasteiger partial charge in [0, 0.05) is 6.42 Å². The Morgan fingerprint density at radius 3 is 2.54 bits per heavy atom. The maximum absolute atomic E-state index is 12.6. The molecule has 208 valence electrons. The molecule has 0 aromatic carbocycles. The number of alkyl halides is 3. The van der Waals surface area contributed by atoms with Gasteiger partial charge in [0.05, 0.1) is 45.7 Å². The number of esters is 1.